The number of aliphatic hydroxyl groups excluding tert-OH is 1. The van der Waals surface area contributed by atoms with E-state index >= 15 is 0 Å². The molecule has 84 valence electrons. The predicted molar refractivity (Wildman–Crippen MR) is 63.8 cm³/mol. The van der Waals surface area contributed by atoms with Gasteiger partial charge in [-0.25, -0.2) is 0 Å². The van der Waals surface area contributed by atoms with Crippen molar-refractivity contribution in [3.05, 3.63) is 0 Å². The minimum absolute atomic E-state index is 0.159. The highest BCUT2D eigenvalue weighted by molar-refractivity contribution is 7.99. The minimum atomic E-state index is -0.159. The van der Waals surface area contributed by atoms with Gasteiger partial charge in [0.2, 0.25) is 0 Å². The molecule has 3 heteroatoms. The van der Waals surface area contributed by atoms with Gasteiger partial charge in [-0.3, -0.25) is 0 Å². The maximum absolute atomic E-state index is 9.23. The first-order chi connectivity index (χ1) is 6.68. The van der Waals surface area contributed by atoms with Crippen LogP contribution in [0.4, 0.5) is 0 Å². The molecular formula is C11H23NOS. The lowest BCUT2D eigenvalue weighted by molar-refractivity contribution is 0.162. The molecule has 1 saturated heterocycles. The van der Waals surface area contributed by atoms with E-state index in [1.54, 1.807) is 0 Å². The van der Waals surface area contributed by atoms with Crippen molar-refractivity contribution in [3.8, 4) is 0 Å². The molecule has 1 aliphatic rings. The second-order valence-corrected chi connectivity index (χ2v) is 5.71. The fraction of sp³-hybridized carbons (Fsp3) is 1.00. The van der Waals surface area contributed by atoms with Crippen LogP contribution in [0.25, 0.3) is 0 Å². The molecular weight excluding hydrogens is 194 g/mol. The molecule has 0 aliphatic carbocycles. The molecule has 0 saturated carbocycles. The summed E-state index contributed by atoms with van der Waals surface area (Å²) in [6, 6.07) is 0.729. The fourth-order valence-corrected chi connectivity index (χ4v) is 3.04. The van der Waals surface area contributed by atoms with Gasteiger partial charge in [-0.2, -0.15) is 11.8 Å². The maximum Gasteiger partial charge on any atom is 0.0515 e. The summed E-state index contributed by atoms with van der Waals surface area (Å²) in [4.78, 5) is 0. The van der Waals surface area contributed by atoms with Crippen LogP contribution in [-0.2, 0) is 0 Å². The highest BCUT2D eigenvalue weighted by atomic mass is 32.2. The molecule has 1 aliphatic heterocycles. The van der Waals surface area contributed by atoms with Crippen molar-refractivity contribution in [2.24, 2.45) is 5.92 Å². The Hall–Kier alpha value is 0.270. The summed E-state index contributed by atoms with van der Waals surface area (Å²) in [6.45, 7) is 5.13. The molecule has 0 spiro atoms. The lowest BCUT2D eigenvalue weighted by Gasteiger charge is -2.24. The quantitative estimate of drug-likeness (QED) is 0.737. The number of nitrogens with one attached hydrogen (secondary N) is 1. The maximum atomic E-state index is 9.23. The molecule has 0 amide bonds. The van der Waals surface area contributed by atoms with Crippen molar-refractivity contribution >= 4 is 11.8 Å². The van der Waals surface area contributed by atoms with E-state index in [0.717, 1.165) is 19.0 Å². The van der Waals surface area contributed by atoms with E-state index in [4.69, 9.17) is 0 Å². The Morgan fingerprint density at radius 2 is 2.00 bits per heavy atom. The third-order valence-electron chi connectivity index (χ3n) is 2.72. The Bertz CT molecular complexity index is 146. The predicted octanol–water partition coefficient (Wildman–Crippen LogP) is 1.88. The summed E-state index contributed by atoms with van der Waals surface area (Å²) < 4.78 is 0. The van der Waals surface area contributed by atoms with E-state index in [-0.39, 0.29) is 6.10 Å². The molecule has 0 aromatic heterocycles. The summed E-state index contributed by atoms with van der Waals surface area (Å²) in [5.41, 5.74) is 0. The van der Waals surface area contributed by atoms with E-state index in [9.17, 15) is 5.11 Å². The van der Waals surface area contributed by atoms with Gasteiger partial charge in [-0.1, -0.05) is 6.92 Å². The zero-order valence-electron chi connectivity index (χ0n) is 9.33. The van der Waals surface area contributed by atoms with Crippen LogP contribution in [0.1, 0.15) is 33.1 Å². The Kier molecular flexibility index (Phi) is 5.90. The van der Waals surface area contributed by atoms with Crippen LogP contribution in [0.5, 0.6) is 0 Å². The van der Waals surface area contributed by atoms with Gasteiger partial charge in [0, 0.05) is 6.04 Å². The van der Waals surface area contributed by atoms with Gasteiger partial charge in [0.15, 0.2) is 0 Å². The van der Waals surface area contributed by atoms with Crippen LogP contribution in [0.3, 0.4) is 0 Å². The molecule has 0 radical (unpaired) electrons. The first kappa shape index (κ1) is 12.3. The molecule has 1 rings (SSSR count). The lowest BCUT2D eigenvalue weighted by Crippen LogP contribution is -2.36. The van der Waals surface area contributed by atoms with Crippen molar-refractivity contribution in [2.45, 2.75) is 45.3 Å². The third kappa shape index (κ3) is 5.23. The Morgan fingerprint density at radius 1 is 1.36 bits per heavy atom. The number of thioether (sulfide) groups is 1. The summed E-state index contributed by atoms with van der Waals surface area (Å²) in [6.07, 6.45) is 3.38. The third-order valence-corrected chi connectivity index (χ3v) is 3.77. The van der Waals surface area contributed by atoms with Crippen LogP contribution in [0.15, 0.2) is 0 Å². The van der Waals surface area contributed by atoms with E-state index in [2.05, 4.69) is 24.0 Å². The number of hydrogen-bond acceptors (Lipinski definition) is 3. The monoisotopic (exact) mass is 217 g/mol. The molecule has 1 heterocycles. The highest BCUT2D eigenvalue weighted by Gasteiger charge is 2.14. The van der Waals surface area contributed by atoms with Gasteiger partial charge in [-0.05, 0) is 50.2 Å². The van der Waals surface area contributed by atoms with Gasteiger partial charge in [-0.15, -0.1) is 0 Å². The molecule has 0 bridgehead atoms. The first-order valence-electron chi connectivity index (χ1n) is 5.67. The summed E-state index contributed by atoms with van der Waals surface area (Å²) in [5.74, 6) is 3.20. The van der Waals surface area contributed by atoms with Crippen LogP contribution in [0.2, 0.25) is 0 Å². The summed E-state index contributed by atoms with van der Waals surface area (Å²) >= 11 is 2.06. The molecule has 2 unspecified atom stereocenters. The van der Waals surface area contributed by atoms with Gasteiger partial charge >= 0.3 is 0 Å². The Balaban J connectivity index is 2.06. The Morgan fingerprint density at radius 3 is 2.57 bits per heavy atom. The van der Waals surface area contributed by atoms with Crippen LogP contribution in [0, 0.1) is 5.92 Å². The zero-order chi connectivity index (χ0) is 10.4. The normalized spacial score (nSPS) is 23.4. The number of aliphatic hydroxyl groups is 1. The van der Waals surface area contributed by atoms with Gasteiger partial charge in [0.1, 0.15) is 0 Å². The second-order valence-electron chi connectivity index (χ2n) is 4.48. The van der Waals surface area contributed by atoms with Crippen LogP contribution in [-0.4, -0.2) is 35.3 Å². The molecule has 1 fully saturated rings. The minimum Gasteiger partial charge on any atom is -0.393 e. The van der Waals surface area contributed by atoms with Crippen LogP contribution < -0.4 is 5.32 Å². The molecule has 0 aromatic rings. The van der Waals surface area contributed by atoms with Crippen molar-refractivity contribution < 1.29 is 5.11 Å². The topological polar surface area (TPSA) is 32.3 Å². The largest absolute Gasteiger partial charge is 0.393 e. The molecule has 0 aromatic carbocycles. The smallest absolute Gasteiger partial charge is 0.0515 e. The van der Waals surface area contributed by atoms with Crippen molar-refractivity contribution in [1.29, 1.82) is 0 Å². The molecule has 14 heavy (non-hydrogen) atoms. The number of hydrogen-bond donors (Lipinski definition) is 2. The fourth-order valence-electron chi connectivity index (χ4n) is 1.94. The first-order valence-corrected chi connectivity index (χ1v) is 6.83. The van der Waals surface area contributed by atoms with E-state index < -0.39 is 0 Å². The van der Waals surface area contributed by atoms with Gasteiger partial charge < -0.3 is 10.4 Å². The van der Waals surface area contributed by atoms with Gasteiger partial charge in [0.05, 0.1) is 6.10 Å². The summed E-state index contributed by atoms with van der Waals surface area (Å²) in [7, 11) is 0. The van der Waals surface area contributed by atoms with Crippen molar-refractivity contribution in [3.63, 3.8) is 0 Å². The van der Waals surface area contributed by atoms with Crippen molar-refractivity contribution in [1.82, 2.24) is 5.32 Å². The highest BCUT2D eigenvalue weighted by Crippen LogP contribution is 2.17. The molecule has 2 atom stereocenters. The molecule has 2 N–H and O–H groups in total. The average Bonchev–Trinajstić information content (AvgIpc) is 2.15. The van der Waals surface area contributed by atoms with E-state index in [1.165, 1.54) is 24.3 Å². The Labute approximate surface area is 91.9 Å². The van der Waals surface area contributed by atoms with Crippen LogP contribution >= 0.6 is 11.8 Å². The standard InChI is InChI=1S/C11H23NOS/c1-9(7-10(2)13)8-12-11-3-5-14-6-4-11/h9-13H,3-8H2,1-2H3. The zero-order valence-corrected chi connectivity index (χ0v) is 10.1. The van der Waals surface area contributed by atoms with E-state index in [1.807, 2.05) is 6.92 Å². The average molecular weight is 217 g/mol. The second kappa shape index (κ2) is 6.70. The lowest BCUT2D eigenvalue weighted by atomic mass is 10.0. The van der Waals surface area contributed by atoms with Gasteiger partial charge in [0.25, 0.3) is 0 Å². The van der Waals surface area contributed by atoms with E-state index in [0.29, 0.717) is 5.92 Å². The SMILES string of the molecule is CC(O)CC(C)CNC1CCSCC1. The molecule has 2 nitrogen and oxygen atoms in total. The van der Waals surface area contributed by atoms with Crippen molar-refractivity contribution in [2.75, 3.05) is 18.1 Å². The number of rotatable bonds is 5. The summed E-state index contributed by atoms with van der Waals surface area (Å²) in [5, 5.41) is 12.8.